The minimum Gasteiger partial charge on any atom is -0.298 e. The molecule has 0 amide bonds. The van der Waals surface area contributed by atoms with Crippen LogP contribution in [0.5, 0.6) is 0 Å². The van der Waals surface area contributed by atoms with Crippen molar-refractivity contribution in [3.8, 4) is 0 Å². The molecule has 96 valence electrons. The Bertz CT molecular complexity index is 405. The topological polar surface area (TPSA) is 29.9 Å². The quantitative estimate of drug-likeness (QED) is 0.883. The van der Waals surface area contributed by atoms with Crippen molar-refractivity contribution < 1.29 is 13.2 Å². The van der Waals surface area contributed by atoms with Crippen LogP contribution in [0, 0.1) is 0 Å². The van der Waals surface area contributed by atoms with E-state index >= 15 is 0 Å². The van der Waals surface area contributed by atoms with Crippen molar-refractivity contribution >= 4 is 0 Å². The van der Waals surface area contributed by atoms with Crippen LogP contribution >= 0.6 is 0 Å². The second kappa shape index (κ2) is 4.01. The van der Waals surface area contributed by atoms with E-state index in [9.17, 15) is 13.2 Å². The highest BCUT2D eigenvalue weighted by Gasteiger charge is 2.62. The zero-order valence-electron chi connectivity index (χ0n) is 9.93. The van der Waals surface area contributed by atoms with Crippen molar-refractivity contribution in [3.05, 3.63) is 17.5 Å². The van der Waals surface area contributed by atoms with Crippen molar-refractivity contribution in [2.45, 2.75) is 44.4 Å². The third-order valence-electron chi connectivity index (χ3n) is 3.29. The molecule has 0 radical (unpaired) electrons. The Morgan fingerprint density at radius 3 is 2.53 bits per heavy atom. The Labute approximate surface area is 98.0 Å². The Morgan fingerprint density at radius 1 is 1.47 bits per heavy atom. The zero-order chi connectivity index (χ0) is 12.7. The van der Waals surface area contributed by atoms with Crippen molar-refractivity contribution in [2.75, 3.05) is 0 Å². The first-order chi connectivity index (χ1) is 7.88. The minimum absolute atomic E-state index is 0.176. The predicted molar refractivity (Wildman–Crippen MR) is 57.4 cm³/mol. The lowest BCUT2D eigenvalue weighted by molar-refractivity contribution is -0.166. The molecule has 1 aromatic rings. The van der Waals surface area contributed by atoms with Crippen molar-refractivity contribution in [2.24, 2.45) is 7.05 Å². The lowest BCUT2D eigenvalue weighted by Crippen LogP contribution is -2.44. The van der Waals surface area contributed by atoms with Gasteiger partial charge in [0.1, 0.15) is 5.54 Å². The third-order valence-corrected chi connectivity index (χ3v) is 3.29. The Hall–Kier alpha value is -1.04. The molecule has 0 unspecified atom stereocenters. The van der Waals surface area contributed by atoms with E-state index < -0.39 is 11.7 Å². The average molecular weight is 247 g/mol. The second-order valence-corrected chi connectivity index (χ2v) is 4.54. The number of hydrogen-bond acceptors (Lipinski definition) is 2. The molecule has 1 N–H and O–H groups in total. The van der Waals surface area contributed by atoms with Crippen LogP contribution in [-0.4, -0.2) is 21.5 Å². The van der Waals surface area contributed by atoms with Crippen molar-refractivity contribution in [3.63, 3.8) is 0 Å². The summed E-state index contributed by atoms with van der Waals surface area (Å²) in [5, 5.41) is 6.83. The van der Waals surface area contributed by atoms with Gasteiger partial charge in [-0.25, -0.2) is 0 Å². The van der Waals surface area contributed by atoms with E-state index in [1.807, 2.05) is 13.0 Å². The van der Waals surface area contributed by atoms with Crippen LogP contribution in [0.1, 0.15) is 31.2 Å². The highest BCUT2D eigenvalue weighted by atomic mass is 19.4. The summed E-state index contributed by atoms with van der Waals surface area (Å²) in [6.07, 6.45) is -3.01. The van der Waals surface area contributed by atoms with Crippen LogP contribution in [0.2, 0.25) is 0 Å². The molecule has 1 heterocycles. The van der Waals surface area contributed by atoms with Gasteiger partial charge < -0.3 is 0 Å². The smallest absolute Gasteiger partial charge is 0.298 e. The maximum atomic E-state index is 12.7. The predicted octanol–water partition coefficient (Wildman–Crippen LogP) is 2.17. The largest absolute Gasteiger partial charge is 0.406 e. The molecule has 0 atom stereocenters. The van der Waals surface area contributed by atoms with Crippen LogP contribution in [0.3, 0.4) is 0 Å². The van der Waals surface area contributed by atoms with E-state index in [2.05, 4.69) is 10.4 Å². The molecule has 0 spiro atoms. The average Bonchev–Trinajstić information content (AvgIpc) is 2.95. The standard InChI is InChI=1S/C11H16F3N3/c1-3-8-6-9(17(2)16-8)7-15-10(4-5-10)11(12,13)14/h6,15H,3-5,7H2,1-2H3. The normalized spacial score (nSPS) is 18.4. The monoisotopic (exact) mass is 247 g/mol. The number of aryl methyl sites for hydroxylation is 2. The van der Waals surface area contributed by atoms with Crippen molar-refractivity contribution in [1.29, 1.82) is 0 Å². The van der Waals surface area contributed by atoms with Gasteiger partial charge in [-0.05, 0) is 25.3 Å². The molecule has 0 aromatic carbocycles. The fraction of sp³-hybridized carbons (Fsp3) is 0.727. The number of hydrogen-bond donors (Lipinski definition) is 1. The SMILES string of the molecule is CCc1cc(CNC2(C(F)(F)F)CC2)n(C)n1. The molecule has 0 saturated heterocycles. The van der Waals surface area contributed by atoms with Crippen molar-refractivity contribution in [1.82, 2.24) is 15.1 Å². The fourth-order valence-electron chi connectivity index (χ4n) is 1.85. The van der Waals surface area contributed by atoms with Gasteiger partial charge in [0.05, 0.1) is 11.4 Å². The first kappa shape index (κ1) is 12.4. The van der Waals surface area contributed by atoms with Gasteiger partial charge in [0.15, 0.2) is 0 Å². The molecular formula is C11H16F3N3. The molecule has 6 heteroatoms. The van der Waals surface area contributed by atoms with Crippen LogP contribution in [-0.2, 0) is 20.0 Å². The number of nitrogens with one attached hydrogen (secondary N) is 1. The first-order valence-corrected chi connectivity index (χ1v) is 5.71. The summed E-state index contributed by atoms with van der Waals surface area (Å²) in [6.45, 7) is 2.18. The summed E-state index contributed by atoms with van der Waals surface area (Å²) in [5.41, 5.74) is 0.0439. The van der Waals surface area contributed by atoms with E-state index in [1.165, 1.54) is 0 Å². The van der Waals surface area contributed by atoms with Gasteiger partial charge >= 0.3 is 6.18 Å². The summed E-state index contributed by atoms with van der Waals surface area (Å²) in [5.74, 6) is 0. The molecule has 1 aromatic heterocycles. The Morgan fingerprint density at radius 2 is 2.12 bits per heavy atom. The van der Waals surface area contributed by atoms with E-state index in [0.717, 1.165) is 17.8 Å². The molecular weight excluding hydrogens is 231 g/mol. The summed E-state index contributed by atoms with van der Waals surface area (Å²) >= 11 is 0. The minimum atomic E-state index is -4.15. The summed E-state index contributed by atoms with van der Waals surface area (Å²) in [7, 11) is 1.75. The molecule has 2 rings (SSSR count). The first-order valence-electron chi connectivity index (χ1n) is 5.71. The number of rotatable bonds is 4. The third kappa shape index (κ3) is 2.31. The summed E-state index contributed by atoms with van der Waals surface area (Å²) < 4.78 is 39.7. The van der Waals surface area contributed by atoms with Gasteiger partial charge in [-0.15, -0.1) is 0 Å². The van der Waals surface area contributed by atoms with Gasteiger partial charge in [0, 0.05) is 13.6 Å². The molecule has 0 bridgehead atoms. The van der Waals surface area contributed by atoms with E-state index in [0.29, 0.717) is 0 Å². The molecule has 1 aliphatic rings. The Kier molecular flexibility index (Phi) is 2.93. The van der Waals surface area contributed by atoms with E-state index in [1.54, 1.807) is 11.7 Å². The van der Waals surface area contributed by atoms with Gasteiger partial charge in [0.25, 0.3) is 0 Å². The maximum Gasteiger partial charge on any atom is 0.406 e. The Balaban J connectivity index is 2.01. The van der Waals surface area contributed by atoms with Crippen LogP contribution in [0.4, 0.5) is 13.2 Å². The summed E-state index contributed by atoms with van der Waals surface area (Å²) in [6, 6.07) is 1.85. The van der Waals surface area contributed by atoms with E-state index in [4.69, 9.17) is 0 Å². The molecule has 1 aliphatic carbocycles. The van der Waals surface area contributed by atoms with Gasteiger partial charge in [-0.2, -0.15) is 18.3 Å². The maximum absolute atomic E-state index is 12.7. The highest BCUT2D eigenvalue weighted by Crippen LogP contribution is 2.49. The van der Waals surface area contributed by atoms with E-state index in [-0.39, 0.29) is 19.4 Å². The van der Waals surface area contributed by atoms with Crippen LogP contribution in [0.15, 0.2) is 6.07 Å². The molecule has 3 nitrogen and oxygen atoms in total. The zero-order valence-corrected chi connectivity index (χ0v) is 9.93. The fourth-order valence-corrected chi connectivity index (χ4v) is 1.85. The lowest BCUT2D eigenvalue weighted by atomic mass is 10.2. The number of alkyl halides is 3. The molecule has 17 heavy (non-hydrogen) atoms. The van der Waals surface area contributed by atoms with Gasteiger partial charge in [-0.1, -0.05) is 6.92 Å². The lowest BCUT2D eigenvalue weighted by Gasteiger charge is -2.20. The molecule has 1 fully saturated rings. The van der Waals surface area contributed by atoms with Gasteiger partial charge in [0.2, 0.25) is 0 Å². The number of nitrogens with zero attached hydrogens (tertiary/aromatic N) is 2. The van der Waals surface area contributed by atoms with Gasteiger partial charge in [-0.3, -0.25) is 10.00 Å². The number of halogens is 3. The molecule has 0 aliphatic heterocycles. The summed E-state index contributed by atoms with van der Waals surface area (Å²) in [4.78, 5) is 0. The number of aromatic nitrogens is 2. The van der Waals surface area contributed by atoms with Crippen LogP contribution < -0.4 is 5.32 Å². The molecule has 1 saturated carbocycles. The second-order valence-electron chi connectivity index (χ2n) is 4.54. The van der Waals surface area contributed by atoms with Crippen LogP contribution in [0.25, 0.3) is 0 Å². The highest BCUT2D eigenvalue weighted by molar-refractivity contribution is 5.13.